The Balaban J connectivity index is 1.47. The molecule has 0 saturated carbocycles. The summed E-state index contributed by atoms with van der Waals surface area (Å²) in [6.45, 7) is 0.753. The molecule has 1 heterocycles. The molecule has 1 amide bonds. The van der Waals surface area contributed by atoms with Gasteiger partial charge in [-0.15, -0.1) is 0 Å². The molecule has 5 heteroatoms. The molecule has 0 aliphatic carbocycles. The molecule has 114 valence electrons. The van der Waals surface area contributed by atoms with Gasteiger partial charge < -0.3 is 14.8 Å². The van der Waals surface area contributed by atoms with E-state index in [0.717, 1.165) is 18.4 Å². The van der Waals surface area contributed by atoms with E-state index in [2.05, 4.69) is 5.32 Å². The van der Waals surface area contributed by atoms with Gasteiger partial charge in [0.05, 0.1) is 0 Å². The fraction of sp³-hybridized carbons (Fsp3) is 0.235. The van der Waals surface area contributed by atoms with E-state index in [4.69, 9.17) is 9.47 Å². The van der Waals surface area contributed by atoms with Gasteiger partial charge in [-0.05, 0) is 48.7 Å². The summed E-state index contributed by atoms with van der Waals surface area (Å²) in [6.07, 6.45) is 1.59. The molecule has 0 aromatic heterocycles. The standard InChI is InChI=1S/C17H16FNO3/c18-14-6-3-12(4-7-14)2-1-9-19-17(20)13-5-8-15-16(10-13)22-11-21-15/h3-8,10H,1-2,9,11H2,(H,19,20). The summed E-state index contributed by atoms with van der Waals surface area (Å²) in [5.41, 5.74) is 1.60. The highest BCUT2D eigenvalue weighted by Crippen LogP contribution is 2.32. The number of carbonyl (C=O) groups excluding carboxylic acids is 1. The molecule has 0 radical (unpaired) electrons. The van der Waals surface area contributed by atoms with Crippen LogP contribution in [0.5, 0.6) is 11.5 Å². The lowest BCUT2D eigenvalue weighted by atomic mass is 10.1. The van der Waals surface area contributed by atoms with Crippen molar-refractivity contribution in [3.05, 3.63) is 59.4 Å². The van der Waals surface area contributed by atoms with Crippen molar-refractivity contribution in [3.8, 4) is 11.5 Å². The maximum Gasteiger partial charge on any atom is 0.251 e. The molecule has 1 aliphatic heterocycles. The molecule has 0 saturated heterocycles. The summed E-state index contributed by atoms with van der Waals surface area (Å²) >= 11 is 0. The first-order chi connectivity index (χ1) is 10.7. The zero-order chi connectivity index (χ0) is 15.4. The number of amides is 1. The van der Waals surface area contributed by atoms with Crippen molar-refractivity contribution in [1.82, 2.24) is 5.32 Å². The lowest BCUT2D eigenvalue weighted by Gasteiger charge is -2.06. The van der Waals surface area contributed by atoms with Crippen LogP contribution < -0.4 is 14.8 Å². The van der Waals surface area contributed by atoms with Crippen LogP contribution in [0.15, 0.2) is 42.5 Å². The second kappa shape index (κ2) is 6.47. The molecule has 22 heavy (non-hydrogen) atoms. The second-order valence-electron chi connectivity index (χ2n) is 5.05. The largest absolute Gasteiger partial charge is 0.454 e. The second-order valence-corrected chi connectivity index (χ2v) is 5.05. The van der Waals surface area contributed by atoms with E-state index in [0.29, 0.717) is 23.6 Å². The maximum atomic E-state index is 12.8. The summed E-state index contributed by atoms with van der Waals surface area (Å²) in [5.74, 6) is 0.879. The number of halogens is 1. The molecule has 0 fully saturated rings. The van der Waals surface area contributed by atoms with E-state index in [1.807, 2.05) is 0 Å². The third kappa shape index (κ3) is 3.36. The van der Waals surface area contributed by atoms with Crippen LogP contribution in [0.4, 0.5) is 4.39 Å². The Morgan fingerprint density at radius 3 is 2.68 bits per heavy atom. The van der Waals surface area contributed by atoms with Gasteiger partial charge >= 0.3 is 0 Å². The monoisotopic (exact) mass is 301 g/mol. The Labute approximate surface area is 127 Å². The summed E-state index contributed by atoms with van der Waals surface area (Å²) in [7, 11) is 0. The molecule has 4 nitrogen and oxygen atoms in total. The molecule has 0 spiro atoms. The van der Waals surface area contributed by atoms with E-state index in [9.17, 15) is 9.18 Å². The normalized spacial score (nSPS) is 12.2. The average Bonchev–Trinajstić information content (AvgIpc) is 3.00. The third-order valence-electron chi connectivity index (χ3n) is 3.48. The zero-order valence-electron chi connectivity index (χ0n) is 12.0. The first-order valence-corrected chi connectivity index (χ1v) is 7.15. The number of benzene rings is 2. The summed E-state index contributed by atoms with van der Waals surface area (Å²) < 4.78 is 23.2. The molecule has 3 rings (SSSR count). The van der Waals surface area contributed by atoms with Crippen LogP contribution in [-0.2, 0) is 6.42 Å². The van der Waals surface area contributed by atoms with Crippen molar-refractivity contribution >= 4 is 5.91 Å². The number of hydrogen-bond donors (Lipinski definition) is 1. The first-order valence-electron chi connectivity index (χ1n) is 7.15. The smallest absolute Gasteiger partial charge is 0.251 e. The number of ether oxygens (including phenoxy) is 2. The van der Waals surface area contributed by atoms with Gasteiger partial charge in [0, 0.05) is 12.1 Å². The molecule has 2 aromatic carbocycles. The highest BCUT2D eigenvalue weighted by atomic mass is 19.1. The van der Waals surface area contributed by atoms with Crippen LogP contribution in [-0.4, -0.2) is 19.2 Å². The molecule has 1 aliphatic rings. The number of carbonyl (C=O) groups is 1. The maximum absolute atomic E-state index is 12.8. The predicted molar refractivity (Wildman–Crippen MR) is 79.6 cm³/mol. The molecule has 0 bridgehead atoms. The highest BCUT2D eigenvalue weighted by molar-refractivity contribution is 5.94. The summed E-state index contributed by atoms with van der Waals surface area (Å²) in [5, 5.41) is 2.86. The van der Waals surface area contributed by atoms with Gasteiger partial charge in [-0.2, -0.15) is 0 Å². The highest BCUT2D eigenvalue weighted by Gasteiger charge is 2.15. The average molecular weight is 301 g/mol. The van der Waals surface area contributed by atoms with E-state index in [-0.39, 0.29) is 18.5 Å². The third-order valence-corrected chi connectivity index (χ3v) is 3.48. The van der Waals surface area contributed by atoms with Gasteiger partial charge in [0.2, 0.25) is 6.79 Å². The van der Waals surface area contributed by atoms with Crippen molar-refractivity contribution < 1.29 is 18.7 Å². The molecule has 0 atom stereocenters. The van der Waals surface area contributed by atoms with Crippen LogP contribution in [0.3, 0.4) is 0 Å². The van der Waals surface area contributed by atoms with Crippen LogP contribution in [0.2, 0.25) is 0 Å². The molecular weight excluding hydrogens is 285 g/mol. The van der Waals surface area contributed by atoms with Crippen molar-refractivity contribution in [2.45, 2.75) is 12.8 Å². The van der Waals surface area contributed by atoms with Gasteiger partial charge in [-0.3, -0.25) is 4.79 Å². The minimum atomic E-state index is -0.236. The quantitative estimate of drug-likeness (QED) is 0.864. The number of hydrogen-bond acceptors (Lipinski definition) is 3. The molecule has 1 N–H and O–H groups in total. The van der Waals surface area contributed by atoms with Crippen LogP contribution in [0.25, 0.3) is 0 Å². The lowest BCUT2D eigenvalue weighted by Crippen LogP contribution is -2.24. The Morgan fingerprint density at radius 1 is 1.09 bits per heavy atom. The first kappa shape index (κ1) is 14.4. The summed E-state index contributed by atoms with van der Waals surface area (Å²) in [4.78, 5) is 12.0. The Morgan fingerprint density at radius 2 is 1.86 bits per heavy atom. The topological polar surface area (TPSA) is 47.6 Å². The zero-order valence-corrected chi connectivity index (χ0v) is 12.0. The van der Waals surface area contributed by atoms with Crippen LogP contribution in [0.1, 0.15) is 22.3 Å². The SMILES string of the molecule is O=C(NCCCc1ccc(F)cc1)c1ccc2c(c1)OCO2. The Hall–Kier alpha value is -2.56. The van der Waals surface area contributed by atoms with Gasteiger partial charge in [0.25, 0.3) is 5.91 Å². The van der Waals surface area contributed by atoms with Gasteiger partial charge in [-0.1, -0.05) is 12.1 Å². The number of rotatable bonds is 5. The van der Waals surface area contributed by atoms with Crippen LogP contribution in [0, 0.1) is 5.82 Å². The minimum absolute atomic E-state index is 0.141. The van der Waals surface area contributed by atoms with Crippen molar-refractivity contribution in [3.63, 3.8) is 0 Å². The Bertz CT molecular complexity index is 670. The molecule has 2 aromatic rings. The number of fused-ring (bicyclic) bond motifs is 1. The summed E-state index contributed by atoms with van der Waals surface area (Å²) in [6, 6.07) is 11.5. The molecule has 0 unspecified atom stereocenters. The predicted octanol–water partition coefficient (Wildman–Crippen LogP) is 2.92. The van der Waals surface area contributed by atoms with Gasteiger partial charge in [0.1, 0.15) is 5.82 Å². The van der Waals surface area contributed by atoms with Crippen molar-refractivity contribution in [1.29, 1.82) is 0 Å². The lowest BCUT2D eigenvalue weighted by molar-refractivity contribution is 0.0952. The number of nitrogens with one attached hydrogen (secondary N) is 1. The van der Waals surface area contributed by atoms with E-state index in [1.54, 1.807) is 30.3 Å². The molecular formula is C17H16FNO3. The minimum Gasteiger partial charge on any atom is -0.454 e. The Kier molecular flexibility index (Phi) is 4.23. The van der Waals surface area contributed by atoms with E-state index < -0.39 is 0 Å². The van der Waals surface area contributed by atoms with Crippen molar-refractivity contribution in [2.24, 2.45) is 0 Å². The van der Waals surface area contributed by atoms with E-state index in [1.165, 1.54) is 12.1 Å². The van der Waals surface area contributed by atoms with E-state index >= 15 is 0 Å². The fourth-order valence-corrected chi connectivity index (χ4v) is 2.29. The van der Waals surface area contributed by atoms with Crippen LogP contribution >= 0.6 is 0 Å². The van der Waals surface area contributed by atoms with Gasteiger partial charge in [-0.25, -0.2) is 4.39 Å². The fourth-order valence-electron chi connectivity index (χ4n) is 2.29. The van der Waals surface area contributed by atoms with Gasteiger partial charge in [0.15, 0.2) is 11.5 Å². The number of aryl methyl sites for hydroxylation is 1. The van der Waals surface area contributed by atoms with Crippen molar-refractivity contribution in [2.75, 3.05) is 13.3 Å².